The van der Waals surface area contributed by atoms with E-state index < -0.39 is 0 Å². The maximum absolute atomic E-state index is 6.73. The first-order valence-electron chi connectivity index (χ1n) is 37.9. The third-order valence-electron chi connectivity index (χ3n) is 22.2. The molecule has 0 saturated carbocycles. The van der Waals surface area contributed by atoms with Crippen molar-refractivity contribution in [2.75, 3.05) is 0 Å². The van der Waals surface area contributed by atoms with Crippen molar-refractivity contribution in [1.82, 2.24) is 34.5 Å². The van der Waals surface area contributed by atoms with Crippen LogP contribution in [0.5, 0.6) is 0 Å². The Balaban J connectivity index is 0.000000116. The molecule has 0 N–H and O–H groups in total. The second-order valence-electron chi connectivity index (χ2n) is 28.9. The zero-order valence-electron chi connectivity index (χ0n) is 60.7. The van der Waals surface area contributed by atoms with Crippen LogP contribution in [-0.4, -0.2) is 34.5 Å². The molecule has 1 aliphatic rings. The summed E-state index contributed by atoms with van der Waals surface area (Å²) in [6.07, 6.45) is 1.06. The number of rotatable bonds is 7. The Labute approximate surface area is 652 Å². The van der Waals surface area contributed by atoms with Gasteiger partial charge in [-0.25, -0.2) is 29.9 Å². The molecular weight excluding hydrogens is 1400 g/mol. The molecule has 0 amide bonds. The van der Waals surface area contributed by atoms with Crippen LogP contribution in [-0.2, 0) is 6.42 Å². The van der Waals surface area contributed by atoms with Crippen molar-refractivity contribution in [2.45, 2.75) is 6.42 Å². The Morgan fingerprint density at radius 3 is 1.16 bits per heavy atom. The van der Waals surface area contributed by atoms with Crippen molar-refractivity contribution in [3.63, 3.8) is 0 Å². The number of benzene rings is 18. The molecule has 9 nitrogen and oxygen atoms in total. The number of aromatic nitrogens is 7. The lowest BCUT2D eigenvalue weighted by Crippen LogP contribution is -2.01. The van der Waals surface area contributed by atoms with E-state index in [1.807, 2.05) is 152 Å². The average Bonchev–Trinajstić information content (AvgIpc) is 1.57. The third-order valence-corrected chi connectivity index (χ3v) is 22.4. The summed E-state index contributed by atoms with van der Waals surface area (Å²) in [5, 5.41) is 21.4. The van der Waals surface area contributed by atoms with Crippen molar-refractivity contribution in [3.8, 4) is 85.1 Å². The quantitative estimate of drug-likeness (QED) is 0.155. The fraction of sp³-hybridized carbons (Fsp3) is 0.00971. The molecule has 10 heteroatoms. The summed E-state index contributed by atoms with van der Waals surface area (Å²) in [6, 6.07) is 126. The Kier molecular flexibility index (Phi) is 15.5. The Hall–Kier alpha value is -14.8. The first-order chi connectivity index (χ1) is 55.9. The molecule has 1 aliphatic carbocycles. The van der Waals surface area contributed by atoms with Crippen LogP contribution in [0.15, 0.2) is 373 Å². The zero-order chi connectivity index (χ0) is 74.6. The van der Waals surface area contributed by atoms with Gasteiger partial charge in [-0.15, -0.1) is 0 Å². The number of hydrogen-bond acceptors (Lipinski definition) is 8. The molecule has 113 heavy (non-hydrogen) atoms. The number of furan rings is 2. The smallest absolute Gasteiger partial charge is 0.165 e. The van der Waals surface area contributed by atoms with Gasteiger partial charge in [-0.1, -0.05) is 303 Å². The van der Waals surface area contributed by atoms with Gasteiger partial charge in [0.2, 0.25) is 0 Å². The predicted octanol–water partition coefficient (Wildman–Crippen LogP) is 27.5. The van der Waals surface area contributed by atoms with Gasteiger partial charge in [-0.3, -0.25) is 0 Å². The van der Waals surface area contributed by atoms with Crippen LogP contribution in [0, 0.1) is 0 Å². The SMILES string of the molecule is Clc1ccc2oc3cc4ccccc4c(-c4nc(-c5ccccc5)nc(-c5ccccc5)n4)c3c2c1.c1ccc(-c2nc(-c3ccccc3)nc(-c3c4ccccc4cc4oc5ccc(-n6c7cc8ccccc8cc7c7c8ccccc8ccc76)cc5c34)n2)cc1.c1ccc2cc3c(cc2c1)Cc1ccc2ccccc2c1-3. The minimum Gasteiger partial charge on any atom is -0.456 e. The Bertz CT molecular complexity index is 7680. The molecule has 0 spiro atoms. The van der Waals surface area contributed by atoms with E-state index in [0.29, 0.717) is 40.0 Å². The van der Waals surface area contributed by atoms with Gasteiger partial charge in [-0.05, 0) is 166 Å². The van der Waals surface area contributed by atoms with Crippen LogP contribution in [0.2, 0.25) is 5.02 Å². The molecule has 23 aromatic rings. The molecule has 0 aliphatic heterocycles. The highest BCUT2D eigenvalue weighted by Crippen LogP contribution is 2.48. The summed E-state index contributed by atoms with van der Waals surface area (Å²) in [6.45, 7) is 0. The molecule has 5 aromatic heterocycles. The molecule has 528 valence electrons. The van der Waals surface area contributed by atoms with Gasteiger partial charge >= 0.3 is 0 Å². The number of nitrogens with zero attached hydrogens (tertiary/aromatic N) is 7. The summed E-state index contributed by atoms with van der Waals surface area (Å²) in [5.74, 6) is 3.66. The molecule has 18 aromatic carbocycles. The second kappa shape index (κ2) is 26.8. The molecular formula is C103H62ClN7O2. The van der Waals surface area contributed by atoms with Crippen LogP contribution in [0.4, 0.5) is 0 Å². The lowest BCUT2D eigenvalue weighted by molar-refractivity contribution is 0.669. The summed E-state index contributed by atoms with van der Waals surface area (Å²) >= 11 is 6.42. The fourth-order valence-electron chi connectivity index (χ4n) is 17.0. The van der Waals surface area contributed by atoms with E-state index in [0.717, 1.165) is 122 Å². The number of fused-ring (bicyclic) bond motifs is 20. The molecule has 5 heterocycles. The lowest BCUT2D eigenvalue weighted by Gasteiger charge is -2.12. The van der Waals surface area contributed by atoms with E-state index in [1.165, 1.54) is 76.1 Å². The van der Waals surface area contributed by atoms with Gasteiger partial charge in [0.25, 0.3) is 0 Å². The highest BCUT2D eigenvalue weighted by Gasteiger charge is 2.27. The molecule has 0 radical (unpaired) electrons. The van der Waals surface area contributed by atoms with Crippen LogP contribution >= 0.6 is 11.6 Å². The molecule has 0 saturated heterocycles. The summed E-state index contributed by atoms with van der Waals surface area (Å²) < 4.78 is 15.4. The zero-order valence-corrected chi connectivity index (χ0v) is 61.4. The topological polar surface area (TPSA) is 109 Å². The number of halogens is 1. The summed E-state index contributed by atoms with van der Waals surface area (Å²) in [7, 11) is 0. The van der Waals surface area contributed by atoms with E-state index >= 15 is 0 Å². The van der Waals surface area contributed by atoms with Gasteiger partial charge in [0.15, 0.2) is 34.9 Å². The molecule has 24 rings (SSSR count). The van der Waals surface area contributed by atoms with Crippen LogP contribution in [0.3, 0.4) is 0 Å². The van der Waals surface area contributed by atoms with Crippen LogP contribution in [0.25, 0.3) is 215 Å². The Morgan fingerprint density at radius 1 is 0.239 bits per heavy atom. The van der Waals surface area contributed by atoms with Crippen molar-refractivity contribution in [1.29, 1.82) is 0 Å². The van der Waals surface area contributed by atoms with Crippen LogP contribution < -0.4 is 0 Å². The predicted molar refractivity (Wildman–Crippen MR) is 466 cm³/mol. The fourth-order valence-corrected chi connectivity index (χ4v) is 17.2. The average molecular weight is 1470 g/mol. The van der Waals surface area contributed by atoms with Gasteiger partial charge in [0, 0.05) is 76.4 Å². The van der Waals surface area contributed by atoms with Gasteiger partial charge in [0.1, 0.15) is 22.3 Å². The standard InChI is InChI=1S/C51H30N4O.C31H18ClN3O.C21H14/c1-3-14-32(15-4-1)49-52-50(33-16-5-2-6-17-33)54-51(53-49)48-39-22-12-10-20-36(39)29-45-47(48)41-30-37(24-26-44(41)56-45)55-42-25-23-31-13-9-11-21-38(31)46(42)40-27-34-18-7-8-19-35(34)28-43(40)55;32-22-15-16-25-24(18-22)27-26(36-25)17-21-13-7-8-14-23(21)28(27)31-34-29(19-9-3-1-4-10-19)33-30(35-31)20-11-5-2-6-12-20;1-2-7-16-13-20-18(11-15(16)6-1)12-17-10-9-14-5-3-4-8-19(14)21(17)20/h1-30H;1-18H;1-11,13H,12H2. The monoisotopic (exact) mass is 1460 g/mol. The molecule has 0 fully saturated rings. The molecule has 0 atom stereocenters. The minimum atomic E-state index is 0.590. The molecule has 0 bridgehead atoms. The highest BCUT2D eigenvalue weighted by atomic mass is 35.5. The first-order valence-corrected chi connectivity index (χ1v) is 38.3. The minimum absolute atomic E-state index is 0.590. The van der Waals surface area contributed by atoms with E-state index in [9.17, 15) is 0 Å². The van der Waals surface area contributed by atoms with E-state index in [-0.39, 0.29) is 0 Å². The summed E-state index contributed by atoms with van der Waals surface area (Å²) in [4.78, 5) is 30.3. The maximum atomic E-state index is 6.73. The second-order valence-corrected chi connectivity index (χ2v) is 29.3. The van der Waals surface area contributed by atoms with Gasteiger partial charge in [-0.2, -0.15) is 0 Å². The van der Waals surface area contributed by atoms with Crippen molar-refractivity contribution in [3.05, 3.63) is 380 Å². The first kappa shape index (κ1) is 65.3. The maximum Gasteiger partial charge on any atom is 0.165 e. The van der Waals surface area contributed by atoms with Crippen LogP contribution in [0.1, 0.15) is 11.1 Å². The Morgan fingerprint density at radius 2 is 0.637 bits per heavy atom. The normalized spacial score (nSPS) is 11.9. The molecule has 0 unspecified atom stereocenters. The largest absolute Gasteiger partial charge is 0.456 e. The van der Waals surface area contributed by atoms with Gasteiger partial charge < -0.3 is 13.4 Å². The lowest BCUT2D eigenvalue weighted by atomic mass is 9.96. The highest BCUT2D eigenvalue weighted by molar-refractivity contribution is 6.32. The van der Waals surface area contributed by atoms with Crippen molar-refractivity contribution >= 4 is 142 Å². The van der Waals surface area contributed by atoms with E-state index in [1.54, 1.807) is 0 Å². The number of hydrogen-bond donors (Lipinski definition) is 0. The van der Waals surface area contributed by atoms with Crippen molar-refractivity contribution < 1.29 is 8.83 Å². The summed E-state index contributed by atoms with van der Waals surface area (Å²) in [5.41, 5.74) is 17.8. The van der Waals surface area contributed by atoms with Crippen molar-refractivity contribution in [2.24, 2.45) is 0 Å². The van der Waals surface area contributed by atoms with E-state index in [2.05, 4.69) is 217 Å². The van der Waals surface area contributed by atoms with E-state index in [4.69, 9.17) is 50.3 Å². The third kappa shape index (κ3) is 11.3. The van der Waals surface area contributed by atoms with Gasteiger partial charge in [0.05, 0.1) is 11.0 Å².